The molecular formula is C29H49BO2. The first kappa shape index (κ1) is 23.7. The second-order valence-corrected chi connectivity index (χ2v) is 13.8. The van der Waals surface area contributed by atoms with E-state index in [0.717, 1.165) is 42.4 Å². The van der Waals surface area contributed by atoms with Crippen molar-refractivity contribution in [2.45, 2.75) is 124 Å². The summed E-state index contributed by atoms with van der Waals surface area (Å²) in [5.41, 5.74) is 0.994. The predicted octanol–water partition coefficient (Wildman–Crippen LogP) is 7.55. The van der Waals surface area contributed by atoms with Crippen LogP contribution in [-0.4, -0.2) is 19.9 Å². The molecule has 1 heterocycles. The maximum absolute atomic E-state index is 6.86. The van der Waals surface area contributed by atoms with E-state index in [1.54, 1.807) is 0 Å². The van der Waals surface area contributed by atoms with Gasteiger partial charge < -0.3 is 9.39 Å². The average molecular weight is 441 g/mol. The molecule has 0 spiro atoms. The van der Waals surface area contributed by atoms with E-state index in [4.69, 9.17) is 17.4 Å². The van der Waals surface area contributed by atoms with E-state index in [1.807, 2.05) is 0 Å². The smallest absolute Gasteiger partial charge is 0.286 e. The Hall–Kier alpha value is -0.0151. The van der Waals surface area contributed by atoms with Gasteiger partial charge in [-0.25, -0.2) is 0 Å². The molecular weight excluding hydrogens is 391 g/mol. The van der Waals surface area contributed by atoms with Gasteiger partial charge in [0.2, 0.25) is 0 Å². The SMILES string of the molecule is [B]OC1(CCC(C)CC)OC2CC3C4CCC5CC(C)CCC5(C)C4CCC3(C)C2[C@@H]1C. The van der Waals surface area contributed by atoms with E-state index < -0.39 is 5.79 Å². The number of rotatable bonds is 5. The topological polar surface area (TPSA) is 18.5 Å². The molecule has 0 aromatic heterocycles. The molecule has 5 rings (SSSR count). The molecule has 5 aliphatic rings. The summed E-state index contributed by atoms with van der Waals surface area (Å²) < 4.78 is 12.6. The van der Waals surface area contributed by atoms with Gasteiger partial charge in [0.1, 0.15) is 0 Å². The lowest BCUT2D eigenvalue weighted by atomic mass is 9.44. The Morgan fingerprint density at radius 3 is 2.47 bits per heavy atom. The molecule has 0 aromatic rings. The zero-order valence-electron chi connectivity index (χ0n) is 21.9. The number of fused-ring (bicyclic) bond motifs is 7. The van der Waals surface area contributed by atoms with Crippen molar-refractivity contribution >= 4 is 8.05 Å². The molecule has 1 aliphatic heterocycles. The van der Waals surface area contributed by atoms with Crippen LogP contribution in [0.3, 0.4) is 0 Å². The number of hydrogen-bond acceptors (Lipinski definition) is 2. The molecule has 3 heteroatoms. The summed E-state index contributed by atoms with van der Waals surface area (Å²) in [6, 6.07) is 0. The Labute approximate surface area is 199 Å². The largest absolute Gasteiger partial charge is 0.422 e. The highest BCUT2D eigenvalue weighted by Gasteiger charge is 2.68. The molecule has 2 nitrogen and oxygen atoms in total. The molecule has 0 N–H and O–H groups in total. The van der Waals surface area contributed by atoms with E-state index in [9.17, 15) is 0 Å². The summed E-state index contributed by atoms with van der Waals surface area (Å²) >= 11 is 0. The lowest BCUT2D eigenvalue weighted by Gasteiger charge is -2.61. The molecule has 180 valence electrons. The van der Waals surface area contributed by atoms with Crippen molar-refractivity contribution in [3.8, 4) is 0 Å². The monoisotopic (exact) mass is 440 g/mol. The fourth-order valence-electron chi connectivity index (χ4n) is 10.3. The Balaban J connectivity index is 1.36. The van der Waals surface area contributed by atoms with Crippen molar-refractivity contribution in [2.24, 2.45) is 58.2 Å². The molecule has 12 atom stereocenters. The minimum atomic E-state index is -0.563. The van der Waals surface area contributed by atoms with Gasteiger partial charge in [-0.05, 0) is 104 Å². The maximum atomic E-state index is 6.86. The molecule has 4 saturated carbocycles. The molecule has 0 amide bonds. The molecule has 11 unspecified atom stereocenters. The van der Waals surface area contributed by atoms with Gasteiger partial charge in [0.05, 0.1) is 6.10 Å². The summed E-state index contributed by atoms with van der Waals surface area (Å²) in [4.78, 5) is 0. The van der Waals surface area contributed by atoms with Crippen LogP contribution in [0.25, 0.3) is 0 Å². The lowest BCUT2D eigenvalue weighted by molar-refractivity contribution is -0.202. The Kier molecular flexibility index (Phi) is 6.14. The van der Waals surface area contributed by atoms with Crippen molar-refractivity contribution in [1.82, 2.24) is 0 Å². The maximum Gasteiger partial charge on any atom is 0.286 e. The second kappa shape index (κ2) is 8.29. The van der Waals surface area contributed by atoms with E-state index in [1.165, 1.54) is 57.8 Å². The van der Waals surface area contributed by atoms with Gasteiger partial charge >= 0.3 is 0 Å². The van der Waals surface area contributed by atoms with Crippen LogP contribution in [0.5, 0.6) is 0 Å². The lowest BCUT2D eigenvalue weighted by Crippen LogP contribution is -2.54. The highest BCUT2D eigenvalue weighted by Crippen LogP contribution is 2.71. The van der Waals surface area contributed by atoms with Gasteiger partial charge in [0, 0.05) is 12.3 Å². The molecule has 0 bridgehead atoms. The van der Waals surface area contributed by atoms with Crippen molar-refractivity contribution in [3.05, 3.63) is 0 Å². The molecule has 5 fully saturated rings. The van der Waals surface area contributed by atoms with Crippen LogP contribution in [0.1, 0.15) is 112 Å². The normalized spacial score (nSPS) is 55.6. The Bertz CT molecular complexity index is 697. The number of ether oxygens (including phenoxy) is 1. The van der Waals surface area contributed by atoms with Crippen molar-refractivity contribution in [2.75, 3.05) is 0 Å². The standard InChI is InChI=1S/C29H49BO2/c1-7-18(2)11-15-29(32-30)20(4)26-25(31-29)17-24-22-9-8-21-16-19(3)10-13-27(21,5)23(22)12-14-28(24,26)6/h18-26H,7-17H2,1-6H3/t18?,19?,20-,21?,22?,23?,24?,25?,26?,27?,28?,29?/m0/s1. The van der Waals surface area contributed by atoms with E-state index in [2.05, 4.69) is 41.5 Å². The van der Waals surface area contributed by atoms with Crippen LogP contribution in [0.15, 0.2) is 0 Å². The van der Waals surface area contributed by atoms with Gasteiger partial charge in [-0.1, -0.05) is 54.4 Å². The summed E-state index contributed by atoms with van der Waals surface area (Å²) in [6.07, 6.45) is 15.1. The molecule has 2 radical (unpaired) electrons. The van der Waals surface area contributed by atoms with Gasteiger partial charge in [-0.3, -0.25) is 0 Å². The minimum absolute atomic E-state index is 0.344. The number of hydrogen-bond donors (Lipinski definition) is 0. The summed E-state index contributed by atoms with van der Waals surface area (Å²) in [5, 5.41) is 0. The van der Waals surface area contributed by atoms with Crippen LogP contribution in [0.2, 0.25) is 0 Å². The van der Waals surface area contributed by atoms with Crippen LogP contribution >= 0.6 is 0 Å². The van der Waals surface area contributed by atoms with Crippen molar-refractivity contribution < 1.29 is 9.39 Å². The summed E-state index contributed by atoms with van der Waals surface area (Å²) in [5.74, 6) is 5.74. The van der Waals surface area contributed by atoms with Crippen LogP contribution in [-0.2, 0) is 9.39 Å². The highest BCUT2D eigenvalue weighted by molar-refractivity contribution is 5.98. The van der Waals surface area contributed by atoms with Crippen LogP contribution in [0, 0.1) is 58.2 Å². The average Bonchev–Trinajstić information content (AvgIpc) is 3.23. The quantitative estimate of drug-likeness (QED) is 0.411. The molecule has 32 heavy (non-hydrogen) atoms. The summed E-state index contributed by atoms with van der Waals surface area (Å²) in [7, 11) is 5.98. The third-order valence-corrected chi connectivity index (χ3v) is 12.5. The van der Waals surface area contributed by atoms with Crippen molar-refractivity contribution in [1.29, 1.82) is 0 Å². The zero-order valence-corrected chi connectivity index (χ0v) is 21.9. The predicted molar refractivity (Wildman–Crippen MR) is 132 cm³/mol. The van der Waals surface area contributed by atoms with E-state index in [0.29, 0.717) is 34.7 Å². The second-order valence-electron chi connectivity index (χ2n) is 13.8. The molecule has 0 aromatic carbocycles. The van der Waals surface area contributed by atoms with E-state index >= 15 is 0 Å². The Morgan fingerprint density at radius 1 is 1.00 bits per heavy atom. The third-order valence-electron chi connectivity index (χ3n) is 12.5. The first-order valence-electron chi connectivity index (χ1n) is 14.2. The fourth-order valence-corrected chi connectivity index (χ4v) is 10.3. The van der Waals surface area contributed by atoms with Crippen molar-refractivity contribution in [3.63, 3.8) is 0 Å². The third kappa shape index (κ3) is 3.33. The van der Waals surface area contributed by atoms with Gasteiger partial charge in [-0.15, -0.1) is 0 Å². The van der Waals surface area contributed by atoms with Gasteiger partial charge in [0.25, 0.3) is 8.05 Å². The zero-order chi connectivity index (χ0) is 22.9. The molecule has 4 aliphatic carbocycles. The summed E-state index contributed by atoms with van der Waals surface area (Å²) in [6.45, 7) is 14.8. The van der Waals surface area contributed by atoms with E-state index in [-0.39, 0.29) is 0 Å². The van der Waals surface area contributed by atoms with Gasteiger partial charge in [0.15, 0.2) is 5.79 Å². The highest BCUT2D eigenvalue weighted by atomic mass is 16.7. The minimum Gasteiger partial charge on any atom is -0.422 e. The molecule has 1 saturated heterocycles. The van der Waals surface area contributed by atoms with Crippen LogP contribution < -0.4 is 0 Å². The van der Waals surface area contributed by atoms with Crippen LogP contribution in [0.4, 0.5) is 0 Å². The first-order chi connectivity index (χ1) is 15.2. The van der Waals surface area contributed by atoms with Gasteiger partial charge in [-0.2, -0.15) is 0 Å². The first-order valence-corrected chi connectivity index (χ1v) is 14.2. The Morgan fingerprint density at radius 2 is 1.75 bits per heavy atom. The fraction of sp³-hybridized carbons (Fsp3) is 1.00.